The number of nitrogens with one attached hydrogen (secondary N) is 6. The van der Waals surface area contributed by atoms with Crippen molar-refractivity contribution in [3.8, 4) is 0 Å². The number of nitrogens with zero attached hydrogens (tertiary/aromatic N) is 22. The third-order valence-electron chi connectivity index (χ3n) is 11.0. The molecule has 0 radical (unpaired) electrons. The number of urea groups is 1. The lowest BCUT2D eigenvalue weighted by Crippen LogP contribution is -2.46. The molecule has 1 saturated heterocycles. The lowest BCUT2D eigenvalue weighted by molar-refractivity contribution is -0.142. The summed E-state index contributed by atoms with van der Waals surface area (Å²) in [5, 5.41) is 95.4. The Labute approximate surface area is 591 Å². The van der Waals surface area contributed by atoms with Crippen LogP contribution in [0.25, 0.3) is 73.1 Å². The number of hydrogen-bond acceptors (Lipinski definition) is 30. The number of ketones is 1. The molecule has 0 aromatic heterocycles. The van der Waals surface area contributed by atoms with Gasteiger partial charge in [-0.3, -0.25) is 52.7 Å². The third kappa shape index (κ3) is 72.1. The van der Waals surface area contributed by atoms with Gasteiger partial charge < -0.3 is 122 Å². The zero-order valence-electron chi connectivity index (χ0n) is 55.8. The number of ether oxygens (including phenoxy) is 2. The minimum atomic E-state index is -1.25. The molecule has 0 spiro atoms. The molecule has 1 aliphatic heterocycles. The molecule has 58 nitrogen and oxygen atoms in total. The number of carbonyl (C=O) groups excluding carboxylic acids is 7. The van der Waals surface area contributed by atoms with Gasteiger partial charge in [0.2, 0.25) is 17.7 Å². The smallest absolute Gasteiger partial charge is 0.407 e. The number of hydrogen-bond donors (Lipinski definition) is 20. The topological polar surface area (TPSA) is 998 Å². The number of Topliss-reactive ketones (excluding diaryl/α,β-unsaturated/α-hetero) is 1. The fourth-order valence-electron chi connectivity index (χ4n) is 5.62. The average molecular weight is 1510 g/mol. The minimum Gasteiger partial charge on any atom is -0.480 e. The van der Waals surface area contributed by atoms with Gasteiger partial charge in [-0.05, 0) is 64.4 Å². The Morgan fingerprint density at radius 3 is 1.27 bits per heavy atom. The van der Waals surface area contributed by atoms with Crippen LogP contribution in [0.5, 0.6) is 0 Å². The summed E-state index contributed by atoms with van der Waals surface area (Å²) in [4.78, 5) is 168. The first-order valence-corrected chi connectivity index (χ1v) is 29.6. The van der Waals surface area contributed by atoms with Crippen molar-refractivity contribution in [1.29, 1.82) is 0 Å². The van der Waals surface area contributed by atoms with Crippen LogP contribution < -0.4 is 72.0 Å². The summed E-state index contributed by atoms with van der Waals surface area (Å²) in [6, 6.07) is -8.74. The number of azide groups is 7. The molecule has 105 heavy (non-hydrogen) atoms. The van der Waals surface area contributed by atoms with E-state index in [-0.39, 0.29) is 153 Å². The van der Waals surface area contributed by atoms with Gasteiger partial charge in [-0.15, -0.1) is 0 Å². The Hall–Kier alpha value is -12.9. The van der Waals surface area contributed by atoms with E-state index in [0.717, 1.165) is 0 Å². The van der Waals surface area contributed by atoms with Gasteiger partial charge in [-0.1, -0.05) is 35.8 Å². The monoisotopic (exact) mass is 1510 g/mol. The van der Waals surface area contributed by atoms with Crippen LogP contribution in [0, 0.1) is 0 Å². The summed E-state index contributed by atoms with van der Waals surface area (Å²) in [6.45, 7) is 1.29. The van der Waals surface area contributed by atoms with Crippen molar-refractivity contribution < 1.29 is 112 Å². The Balaban J connectivity index is -0.000000272. The lowest BCUT2D eigenvalue weighted by atomic mass is 10.1. The number of amides is 7. The second-order valence-corrected chi connectivity index (χ2v) is 19.4. The predicted octanol–water partition coefficient (Wildman–Crippen LogP) is -2.77. The van der Waals surface area contributed by atoms with Crippen LogP contribution in [0.4, 0.5) is 14.4 Å². The Bertz CT molecular complexity index is 2770. The van der Waals surface area contributed by atoms with Crippen LogP contribution in [0.3, 0.4) is 0 Å². The van der Waals surface area contributed by atoms with E-state index in [0.29, 0.717) is 32.4 Å². The van der Waals surface area contributed by atoms with Crippen LogP contribution >= 0.6 is 0 Å². The molecule has 0 aromatic rings. The van der Waals surface area contributed by atoms with Crippen molar-refractivity contribution in [2.75, 3.05) is 105 Å². The van der Waals surface area contributed by atoms with E-state index in [2.05, 4.69) is 112 Å². The van der Waals surface area contributed by atoms with Crippen LogP contribution in [-0.4, -0.2) is 277 Å². The minimum absolute atomic E-state index is 0.0227. The molecule has 1 heterocycles. The zero-order valence-corrected chi connectivity index (χ0v) is 55.8. The van der Waals surface area contributed by atoms with Gasteiger partial charge in [0, 0.05) is 145 Å². The normalized spacial score (nSPS) is 12.7. The number of alkyl carbamates (subject to hydrolysis) is 2. The first-order chi connectivity index (χ1) is 49.5. The molecule has 0 bridgehead atoms. The summed E-state index contributed by atoms with van der Waals surface area (Å²) in [5.74, 6) is -9.49. The van der Waals surface area contributed by atoms with Gasteiger partial charge in [0.25, 0.3) is 0 Å². The van der Waals surface area contributed by atoms with Crippen molar-refractivity contribution >= 4 is 83.5 Å². The number of carboxylic acids is 7. The number of likely N-dealkylation sites (tertiary alicyclic amines) is 1. The first kappa shape index (κ1) is 103. The fourth-order valence-corrected chi connectivity index (χ4v) is 5.62. The summed E-state index contributed by atoms with van der Waals surface area (Å²) in [5.41, 5.74) is 91.8. The van der Waals surface area contributed by atoms with E-state index in [1.165, 1.54) is 4.90 Å². The van der Waals surface area contributed by atoms with E-state index in [4.69, 9.17) is 115 Å². The highest BCUT2D eigenvalue weighted by Crippen LogP contribution is 2.14. The maximum Gasteiger partial charge on any atom is 0.407 e. The second-order valence-electron chi connectivity index (χ2n) is 19.4. The Kier molecular flexibility index (Phi) is 68.3. The van der Waals surface area contributed by atoms with Crippen molar-refractivity contribution in [2.24, 2.45) is 75.9 Å². The maximum atomic E-state index is 11.6. The van der Waals surface area contributed by atoms with Crippen LogP contribution in [0.15, 0.2) is 35.8 Å². The van der Waals surface area contributed by atoms with Gasteiger partial charge in [0.15, 0.2) is 0 Å². The molecule has 0 aliphatic carbocycles. The van der Waals surface area contributed by atoms with E-state index < -0.39 is 109 Å². The van der Waals surface area contributed by atoms with Crippen LogP contribution in [0.1, 0.15) is 57.8 Å². The molecule has 1 rings (SSSR count). The molecule has 586 valence electrons. The highest BCUT2D eigenvalue weighted by molar-refractivity contribution is 5.86. The highest BCUT2D eigenvalue weighted by atomic mass is 16.6. The standard InChI is InChI=1S/C8H13N5O3.2C7H13N5O3.C7H12N4O3.C6H12N6O3.2C6H11N5O4/c9-6(8(15)16)3-7(14)13-2-1-5(4-13)11-12-10;8-5(7(14)15)1-2-6(13)10-3-4-11-12-9;8-5(7(14)15)4-10-6(13)2-1-3-11-12-9;8-6(7(13)14)4-5(12)2-1-3-10-11-9;7-4(5(13)14)3-10-6(15)9-1-2-11-12-8;7-4(5(12)13)3-9-6(14)15-2-1-10-11-8;7-4(5(12)13)3-15-6(14)9-1-2-10-11-8/h5-6H,1-4,9H2,(H,15,16);2*5H,1-4,8H2,(H,10,13)(H,14,15);6H,1-4,8H2,(H,13,14);4H,1-3,7H2,(H,13,14)(H2,9,10,15);2*4H,1-3,7H2,(H,9,14)(H,12,13)/t5?,6-;2*5-;6-;3*4-/m0000000/s1. The molecule has 1 fully saturated rings. The van der Waals surface area contributed by atoms with E-state index >= 15 is 0 Å². The zero-order chi connectivity index (χ0) is 81.5. The van der Waals surface area contributed by atoms with E-state index in [1.54, 1.807) is 0 Å². The van der Waals surface area contributed by atoms with Crippen molar-refractivity contribution in [3.05, 3.63) is 73.1 Å². The van der Waals surface area contributed by atoms with Gasteiger partial charge in [0.1, 0.15) is 54.7 Å². The van der Waals surface area contributed by atoms with Gasteiger partial charge in [-0.25, -0.2) is 14.4 Å². The Morgan fingerprint density at radius 2 is 0.810 bits per heavy atom. The van der Waals surface area contributed by atoms with E-state index in [1.807, 2.05) is 0 Å². The highest BCUT2D eigenvalue weighted by Gasteiger charge is 2.28. The Morgan fingerprint density at radius 1 is 0.419 bits per heavy atom. The third-order valence-corrected chi connectivity index (χ3v) is 11.0. The van der Waals surface area contributed by atoms with Crippen molar-refractivity contribution in [3.63, 3.8) is 0 Å². The maximum absolute atomic E-state index is 11.6. The summed E-state index contributed by atoms with van der Waals surface area (Å²) >= 11 is 0. The SMILES string of the molecule is [N-]=[N+]=NC1CCN(C(=O)C[C@H](N)C(=O)O)C1.[N-]=[N+]=NCCCC(=O)C[C@H](N)C(=O)O.[N-]=[N+]=NCCCC(=O)NC[C@H](N)C(=O)O.[N-]=[N+]=NCCNC(=O)CC[C@H](N)C(=O)O.[N-]=[N+]=NCCNC(=O)NC[C@H](N)C(=O)O.[N-]=[N+]=NCCNC(=O)OC[C@H](N)C(=O)O.[N-]=[N+]=NCCOC(=O)NC[C@H](N)C(=O)O. The molecular formula is C47H85N35O23. The first-order valence-electron chi connectivity index (χ1n) is 29.6. The van der Waals surface area contributed by atoms with Gasteiger partial charge in [-0.2, -0.15) is 0 Å². The van der Waals surface area contributed by atoms with Gasteiger partial charge in [0.05, 0.1) is 25.6 Å². The number of nitrogens with two attached hydrogens (primary N) is 7. The predicted molar refractivity (Wildman–Crippen MR) is 356 cm³/mol. The molecule has 7 amide bonds. The van der Waals surface area contributed by atoms with Crippen molar-refractivity contribution in [1.82, 2.24) is 36.8 Å². The van der Waals surface area contributed by atoms with Crippen LogP contribution in [0.2, 0.25) is 0 Å². The summed E-state index contributed by atoms with van der Waals surface area (Å²) in [6.07, 6.45) is -0.0348. The molecular weight excluding hydrogens is 1420 g/mol. The van der Waals surface area contributed by atoms with Crippen molar-refractivity contribution in [2.45, 2.75) is 106 Å². The molecule has 27 N–H and O–H groups in total. The summed E-state index contributed by atoms with van der Waals surface area (Å²) < 4.78 is 8.97. The van der Waals surface area contributed by atoms with Crippen LogP contribution in [-0.2, 0) is 62.2 Å². The molecule has 58 heteroatoms. The van der Waals surface area contributed by atoms with E-state index in [9.17, 15) is 67.1 Å². The van der Waals surface area contributed by atoms with Gasteiger partial charge >= 0.3 is 60.0 Å². The lowest BCUT2D eigenvalue weighted by Gasteiger charge is -2.16. The molecule has 1 unspecified atom stereocenters. The molecule has 0 aromatic carbocycles. The molecule has 8 atom stereocenters. The summed E-state index contributed by atoms with van der Waals surface area (Å²) in [7, 11) is 0. The number of carboxylic acid groups (broad SMARTS) is 7. The quantitative estimate of drug-likeness (QED) is 0.0127. The fraction of sp³-hybridized carbons (Fsp3) is 0.702. The molecule has 0 saturated carbocycles. The second kappa shape index (κ2) is 69.5. The largest absolute Gasteiger partial charge is 0.480 e. The number of carbonyl (C=O) groups is 14. The number of rotatable bonds is 43. The molecule has 1 aliphatic rings. The average Bonchev–Trinajstić information content (AvgIpc) is 1.75. The number of aliphatic carboxylic acids is 7.